The Balaban J connectivity index is 2.04. The van der Waals surface area contributed by atoms with Gasteiger partial charge >= 0.3 is 5.97 Å². The summed E-state index contributed by atoms with van der Waals surface area (Å²) in [4.78, 5) is 17.2. The number of ether oxygens (including phenoxy) is 1. The van der Waals surface area contributed by atoms with Gasteiger partial charge in [-0.2, -0.15) is 0 Å². The zero-order chi connectivity index (χ0) is 19.9. The van der Waals surface area contributed by atoms with E-state index >= 15 is 0 Å². The van der Waals surface area contributed by atoms with Crippen LogP contribution < -0.4 is 0 Å². The second-order valence-electron chi connectivity index (χ2n) is 6.28. The highest BCUT2D eigenvalue weighted by Gasteiger charge is 2.21. The largest absolute Gasteiger partial charge is 0.504 e. The maximum Gasteiger partial charge on any atom is 0.330 e. The highest BCUT2D eigenvalue weighted by Crippen LogP contribution is 2.26. The van der Waals surface area contributed by atoms with Gasteiger partial charge in [0.2, 0.25) is 0 Å². The summed E-state index contributed by atoms with van der Waals surface area (Å²) in [7, 11) is 1.32. The number of nitrogens with zero attached hydrogens (tertiary/aromatic N) is 1. The van der Waals surface area contributed by atoms with Crippen LogP contribution in [-0.4, -0.2) is 35.0 Å². The molecule has 2 N–H and O–H groups in total. The molecule has 5 nitrogen and oxygen atoms in total. The van der Waals surface area contributed by atoms with Crippen LogP contribution in [0.25, 0.3) is 0 Å². The van der Waals surface area contributed by atoms with Gasteiger partial charge in [0.15, 0.2) is 17.5 Å². The smallest absolute Gasteiger partial charge is 0.330 e. The first-order valence-corrected chi connectivity index (χ1v) is 8.86. The van der Waals surface area contributed by atoms with Crippen LogP contribution in [0.4, 0.5) is 0 Å². The Morgan fingerprint density at radius 3 is 1.96 bits per heavy atom. The van der Waals surface area contributed by atoms with Gasteiger partial charge in [0.25, 0.3) is 0 Å². The van der Waals surface area contributed by atoms with Gasteiger partial charge in [-0.15, -0.1) is 0 Å². The molecule has 0 radical (unpaired) electrons. The Hall–Kier alpha value is -3.60. The van der Waals surface area contributed by atoms with Gasteiger partial charge in [0.05, 0.1) is 12.8 Å². The zero-order valence-electron chi connectivity index (χ0n) is 15.4. The lowest BCUT2D eigenvalue weighted by Crippen LogP contribution is -2.25. The van der Waals surface area contributed by atoms with E-state index in [1.165, 1.54) is 19.2 Å². The topological polar surface area (TPSA) is 79.1 Å². The first kappa shape index (κ1) is 19.2. The van der Waals surface area contributed by atoms with Crippen molar-refractivity contribution in [1.29, 1.82) is 0 Å². The van der Waals surface area contributed by atoms with Crippen LogP contribution >= 0.6 is 0 Å². The van der Waals surface area contributed by atoms with Crippen molar-refractivity contribution >= 4 is 11.7 Å². The van der Waals surface area contributed by atoms with Crippen molar-refractivity contribution in [2.24, 2.45) is 4.99 Å². The normalized spacial score (nSPS) is 11.5. The Morgan fingerprint density at radius 1 is 0.893 bits per heavy atom. The highest BCUT2D eigenvalue weighted by molar-refractivity contribution is 6.13. The fraction of sp³-hybridized carbons (Fsp3) is 0.130. The summed E-state index contributed by atoms with van der Waals surface area (Å²) < 4.78 is 4.95. The number of phenolic OH excluding ortho intramolecular Hbond substituents is 2. The molecule has 0 spiro atoms. The van der Waals surface area contributed by atoms with Crippen LogP contribution in [0.1, 0.15) is 16.7 Å². The van der Waals surface area contributed by atoms with Crippen molar-refractivity contribution in [3.05, 3.63) is 95.6 Å². The molecule has 0 aliphatic carbocycles. The number of aromatic hydroxyl groups is 2. The van der Waals surface area contributed by atoms with Crippen LogP contribution in [0.2, 0.25) is 0 Å². The standard InChI is InChI=1S/C23H21NO4/c1-28-23(27)19(14-16-12-13-20(25)21(26)15-16)24-22(17-8-4-2-5-9-17)18-10-6-3-7-11-18/h2-13,15,19,25-26H,14H2,1H3/t19-/m1/s1. The number of esters is 1. The third-order valence-corrected chi connectivity index (χ3v) is 4.32. The fourth-order valence-electron chi connectivity index (χ4n) is 2.90. The molecule has 0 saturated carbocycles. The summed E-state index contributed by atoms with van der Waals surface area (Å²) in [5, 5.41) is 19.3. The summed E-state index contributed by atoms with van der Waals surface area (Å²) >= 11 is 0. The average molecular weight is 375 g/mol. The van der Waals surface area contributed by atoms with E-state index in [1.807, 2.05) is 60.7 Å². The van der Waals surface area contributed by atoms with E-state index in [0.717, 1.165) is 11.1 Å². The lowest BCUT2D eigenvalue weighted by atomic mass is 10.0. The van der Waals surface area contributed by atoms with E-state index in [0.29, 0.717) is 11.3 Å². The van der Waals surface area contributed by atoms with Crippen LogP contribution in [0, 0.1) is 0 Å². The third-order valence-electron chi connectivity index (χ3n) is 4.32. The predicted octanol–water partition coefficient (Wildman–Crippen LogP) is 3.72. The van der Waals surface area contributed by atoms with Crippen molar-refractivity contribution in [3.8, 4) is 11.5 Å². The molecule has 0 aliphatic heterocycles. The van der Waals surface area contributed by atoms with E-state index in [2.05, 4.69) is 0 Å². The van der Waals surface area contributed by atoms with Crippen LogP contribution in [0.15, 0.2) is 83.9 Å². The monoisotopic (exact) mass is 375 g/mol. The second-order valence-corrected chi connectivity index (χ2v) is 6.28. The molecule has 28 heavy (non-hydrogen) atoms. The summed E-state index contributed by atoms with van der Waals surface area (Å²) in [6.45, 7) is 0. The molecule has 1 atom stereocenters. The minimum atomic E-state index is -0.802. The number of hydrogen-bond donors (Lipinski definition) is 2. The molecular weight excluding hydrogens is 354 g/mol. The maximum absolute atomic E-state index is 12.4. The van der Waals surface area contributed by atoms with Gasteiger partial charge in [-0.1, -0.05) is 66.7 Å². The van der Waals surface area contributed by atoms with Crippen molar-refractivity contribution in [1.82, 2.24) is 0 Å². The SMILES string of the molecule is COC(=O)[C@@H](Cc1ccc(O)c(O)c1)N=C(c1ccccc1)c1ccccc1. The third kappa shape index (κ3) is 4.57. The highest BCUT2D eigenvalue weighted by atomic mass is 16.5. The van der Waals surface area contributed by atoms with Gasteiger partial charge in [-0.25, -0.2) is 4.79 Å². The number of methoxy groups -OCH3 is 1. The summed E-state index contributed by atoms with van der Waals surface area (Å²) in [6, 6.07) is 22.9. The first-order chi connectivity index (χ1) is 13.6. The first-order valence-electron chi connectivity index (χ1n) is 8.86. The number of benzene rings is 3. The van der Waals surface area contributed by atoms with Gasteiger partial charge in [-0.3, -0.25) is 4.99 Å². The van der Waals surface area contributed by atoms with Crippen molar-refractivity contribution in [2.75, 3.05) is 7.11 Å². The molecule has 0 amide bonds. The summed E-state index contributed by atoms with van der Waals surface area (Å²) in [6.07, 6.45) is 0.226. The van der Waals surface area contributed by atoms with Gasteiger partial charge in [-0.05, 0) is 17.7 Å². The molecule has 0 bridgehead atoms. The lowest BCUT2D eigenvalue weighted by molar-refractivity contribution is -0.142. The maximum atomic E-state index is 12.4. The number of carbonyl (C=O) groups excluding carboxylic acids is 1. The fourth-order valence-corrected chi connectivity index (χ4v) is 2.90. The van der Waals surface area contributed by atoms with Crippen LogP contribution in [0.5, 0.6) is 11.5 Å². The van der Waals surface area contributed by atoms with Gasteiger partial charge < -0.3 is 14.9 Å². The van der Waals surface area contributed by atoms with E-state index in [1.54, 1.807) is 6.07 Å². The van der Waals surface area contributed by atoms with E-state index in [4.69, 9.17) is 9.73 Å². The summed E-state index contributed by atoms with van der Waals surface area (Å²) in [5.74, 6) is -0.926. The number of phenols is 2. The molecule has 0 aliphatic rings. The van der Waals surface area contributed by atoms with Crippen LogP contribution in [0.3, 0.4) is 0 Å². The zero-order valence-corrected chi connectivity index (χ0v) is 15.4. The van der Waals surface area contributed by atoms with Crippen molar-refractivity contribution in [3.63, 3.8) is 0 Å². The molecule has 0 fully saturated rings. The van der Waals surface area contributed by atoms with Gasteiger partial charge in [0.1, 0.15) is 0 Å². The number of carbonyl (C=O) groups is 1. The van der Waals surface area contributed by atoms with E-state index in [9.17, 15) is 15.0 Å². The molecule has 0 aromatic heterocycles. The Labute approximate surface area is 163 Å². The Morgan fingerprint density at radius 2 is 1.46 bits per heavy atom. The van der Waals surface area contributed by atoms with Crippen molar-refractivity contribution in [2.45, 2.75) is 12.5 Å². The molecule has 142 valence electrons. The predicted molar refractivity (Wildman–Crippen MR) is 108 cm³/mol. The number of aliphatic imine (C=N–C) groups is 1. The molecular formula is C23H21NO4. The number of rotatable bonds is 6. The molecule has 0 heterocycles. The molecule has 3 aromatic carbocycles. The molecule has 5 heteroatoms. The second kappa shape index (κ2) is 8.86. The lowest BCUT2D eigenvalue weighted by Gasteiger charge is -2.15. The Kier molecular flexibility index (Phi) is 6.07. The van der Waals surface area contributed by atoms with E-state index in [-0.39, 0.29) is 17.9 Å². The minimum Gasteiger partial charge on any atom is -0.504 e. The minimum absolute atomic E-state index is 0.212. The molecule has 3 rings (SSSR count). The molecule has 0 unspecified atom stereocenters. The Bertz CT molecular complexity index is 927. The van der Waals surface area contributed by atoms with Crippen LogP contribution in [-0.2, 0) is 16.0 Å². The number of hydrogen-bond acceptors (Lipinski definition) is 5. The van der Waals surface area contributed by atoms with Crippen molar-refractivity contribution < 1.29 is 19.7 Å². The molecule has 0 saturated heterocycles. The van der Waals surface area contributed by atoms with Gasteiger partial charge in [0, 0.05) is 17.5 Å². The summed E-state index contributed by atoms with van der Waals surface area (Å²) in [5.41, 5.74) is 3.11. The average Bonchev–Trinajstić information content (AvgIpc) is 2.74. The van der Waals surface area contributed by atoms with E-state index < -0.39 is 12.0 Å². The molecule has 3 aromatic rings. The quantitative estimate of drug-likeness (QED) is 0.391.